The molecule has 2 heterocycles. The van der Waals surface area contributed by atoms with Crippen molar-refractivity contribution in [1.82, 2.24) is 19.7 Å². The summed E-state index contributed by atoms with van der Waals surface area (Å²) in [6, 6.07) is 1.58. The van der Waals surface area contributed by atoms with Crippen LogP contribution in [0.2, 0.25) is 0 Å². The van der Waals surface area contributed by atoms with Crippen LogP contribution in [0.1, 0.15) is 25.5 Å². The zero-order valence-corrected chi connectivity index (χ0v) is 14.5. The summed E-state index contributed by atoms with van der Waals surface area (Å²) >= 11 is 0. The third-order valence-corrected chi connectivity index (χ3v) is 5.59. The third-order valence-electron chi connectivity index (χ3n) is 3.78. The Kier molecular flexibility index (Phi) is 6.40. The van der Waals surface area contributed by atoms with E-state index in [1.165, 1.54) is 10.6 Å². The highest BCUT2D eigenvalue weighted by Gasteiger charge is 2.28. The van der Waals surface area contributed by atoms with E-state index >= 15 is 0 Å². The van der Waals surface area contributed by atoms with Crippen molar-refractivity contribution in [2.45, 2.75) is 25.5 Å². The number of unbranched alkanes of at least 4 members (excludes halogenated alkanes) is 1. The molecule has 1 aliphatic rings. The maximum absolute atomic E-state index is 12.4. The summed E-state index contributed by atoms with van der Waals surface area (Å²) in [4.78, 5) is 6.37. The van der Waals surface area contributed by atoms with Crippen LogP contribution in [0.15, 0.2) is 21.8 Å². The Morgan fingerprint density at radius 1 is 1.39 bits per heavy atom. The van der Waals surface area contributed by atoms with Gasteiger partial charge in [0.1, 0.15) is 12.0 Å². The SMILES string of the molecule is CCCCNC(=NC)N1CCN(S(=O)(=O)Cc2ccon2)CC1. The van der Waals surface area contributed by atoms with Crippen LogP contribution in [-0.2, 0) is 15.8 Å². The van der Waals surface area contributed by atoms with Gasteiger partial charge in [0, 0.05) is 45.8 Å². The number of piperazine rings is 1. The molecule has 1 N–H and O–H groups in total. The average Bonchev–Trinajstić information content (AvgIpc) is 3.04. The van der Waals surface area contributed by atoms with E-state index in [1.807, 2.05) is 0 Å². The van der Waals surface area contributed by atoms with Gasteiger partial charge in [0.2, 0.25) is 10.0 Å². The molecule has 0 amide bonds. The monoisotopic (exact) mass is 343 g/mol. The van der Waals surface area contributed by atoms with Gasteiger partial charge >= 0.3 is 0 Å². The number of sulfonamides is 1. The maximum atomic E-state index is 12.4. The molecule has 130 valence electrons. The molecule has 1 aromatic heterocycles. The van der Waals surface area contributed by atoms with Crippen molar-refractivity contribution >= 4 is 16.0 Å². The molecule has 0 atom stereocenters. The summed E-state index contributed by atoms with van der Waals surface area (Å²) in [7, 11) is -1.61. The fourth-order valence-electron chi connectivity index (χ4n) is 2.48. The zero-order chi connectivity index (χ0) is 16.7. The van der Waals surface area contributed by atoms with Crippen LogP contribution < -0.4 is 5.32 Å². The first-order valence-electron chi connectivity index (χ1n) is 7.89. The van der Waals surface area contributed by atoms with Gasteiger partial charge in [0.05, 0.1) is 5.69 Å². The van der Waals surface area contributed by atoms with Gasteiger partial charge in [-0.05, 0) is 6.42 Å². The minimum absolute atomic E-state index is 0.118. The molecule has 0 radical (unpaired) electrons. The lowest BCUT2D eigenvalue weighted by molar-refractivity contribution is 0.260. The van der Waals surface area contributed by atoms with Crippen molar-refractivity contribution < 1.29 is 12.9 Å². The van der Waals surface area contributed by atoms with Crippen molar-refractivity contribution in [2.75, 3.05) is 39.8 Å². The molecule has 0 aliphatic carbocycles. The fraction of sp³-hybridized carbons (Fsp3) is 0.714. The first kappa shape index (κ1) is 17.7. The Bertz CT molecular complexity index is 592. The number of nitrogens with zero attached hydrogens (tertiary/aromatic N) is 4. The summed E-state index contributed by atoms with van der Waals surface area (Å²) in [5.41, 5.74) is 0.435. The van der Waals surface area contributed by atoms with Crippen molar-refractivity contribution in [3.63, 3.8) is 0 Å². The predicted molar refractivity (Wildman–Crippen MR) is 88.5 cm³/mol. The molecule has 0 spiro atoms. The molecule has 23 heavy (non-hydrogen) atoms. The van der Waals surface area contributed by atoms with E-state index < -0.39 is 10.0 Å². The van der Waals surface area contributed by atoms with Crippen LogP contribution in [0.5, 0.6) is 0 Å². The van der Waals surface area contributed by atoms with Crippen LogP contribution >= 0.6 is 0 Å². The highest BCUT2D eigenvalue weighted by Crippen LogP contribution is 2.12. The van der Waals surface area contributed by atoms with E-state index in [1.54, 1.807) is 13.1 Å². The Hall–Kier alpha value is -1.61. The fourth-order valence-corrected chi connectivity index (χ4v) is 3.90. The number of nitrogens with one attached hydrogen (secondary N) is 1. The second kappa shape index (κ2) is 8.30. The standard InChI is InChI=1S/C14H25N5O3S/c1-3-4-6-16-14(15-2)18-7-9-19(10-8-18)23(20,21)12-13-5-11-22-17-13/h5,11H,3-4,6-10,12H2,1-2H3,(H,15,16). The van der Waals surface area contributed by atoms with Crippen molar-refractivity contribution in [3.8, 4) is 0 Å². The second-order valence-electron chi connectivity index (χ2n) is 5.46. The summed E-state index contributed by atoms with van der Waals surface area (Å²) in [5.74, 6) is 0.722. The summed E-state index contributed by atoms with van der Waals surface area (Å²) in [6.07, 6.45) is 3.60. The molecular weight excluding hydrogens is 318 g/mol. The van der Waals surface area contributed by atoms with Gasteiger partial charge in [-0.3, -0.25) is 4.99 Å². The Labute approximate surface area is 137 Å². The topological polar surface area (TPSA) is 91.0 Å². The van der Waals surface area contributed by atoms with Gasteiger partial charge in [0.25, 0.3) is 0 Å². The summed E-state index contributed by atoms with van der Waals surface area (Å²) in [6.45, 7) is 5.19. The van der Waals surface area contributed by atoms with Gasteiger partial charge in [0.15, 0.2) is 5.96 Å². The van der Waals surface area contributed by atoms with Crippen molar-refractivity contribution in [3.05, 3.63) is 18.0 Å². The molecular formula is C14H25N5O3S. The smallest absolute Gasteiger partial charge is 0.220 e. The van der Waals surface area contributed by atoms with Crippen molar-refractivity contribution in [1.29, 1.82) is 0 Å². The molecule has 1 saturated heterocycles. The third kappa shape index (κ3) is 4.93. The molecule has 1 aliphatic heterocycles. The lowest BCUT2D eigenvalue weighted by Gasteiger charge is -2.35. The van der Waals surface area contributed by atoms with Gasteiger partial charge < -0.3 is 14.7 Å². The molecule has 8 nitrogen and oxygen atoms in total. The van der Waals surface area contributed by atoms with Crippen LogP contribution in [-0.4, -0.2) is 68.5 Å². The lowest BCUT2D eigenvalue weighted by Crippen LogP contribution is -2.54. The van der Waals surface area contributed by atoms with Crippen LogP contribution in [0.25, 0.3) is 0 Å². The number of hydrogen-bond donors (Lipinski definition) is 1. The predicted octanol–water partition coefficient (Wildman–Crippen LogP) is 0.498. The van der Waals surface area contributed by atoms with Gasteiger partial charge in [-0.15, -0.1) is 0 Å². The van der Waals surface area contributed by atoms with Gasteiger partial charge in [-0.25, -0.2) is 8.42 Å². The maximum Gasteiger partial charge on any atom is 0.220 e. The molecule has 0 saturated carbocycles. The number of guanidine groups is 1. The average molecular weight is 343 g/mol. The first-order chi connectivity index (χ1) is 11.1. The van der Waals surface area contributed by atoms with Crippen LogP contribution in [0.3, 0.4) is 0 Å². The Morgan fingerprint density at radius 3 is 2.70 bits per heavy atom. The lowest BCUT2D eigenvalue weighted by atomic mass is 10.3. The van der Waals surface area contributed by atoms with E-state index in [4.69, 9.17) is 4.52 Å². The number of aromatic nitrogens is 1. The van der Waals surface area contributed by atoms with Crippen LogP contribution in [0, 0.1) is 0 Å². The van der Waals surface area contributed by atoms with E-state index in [2.05, 4.69) is 27.3 Å². The number of hydrogen-bond acceptors (Lipinski definition) is 5. The number of rotatable bonds is 6. The molecule has 9 heteroatoms. The first-order valence-corrected chi connectivity index (χ1v) is 9.50. The van der Waals surface area contributed by atoms with E-state index in [0.29, 0.717) is 31.9 Å². The molecule has 0 unspecified atom stereocenters. The number of aliphatic imine (C=N–C) groups is 1. The highest BCUT2D eigenvalue weighted by atomic mass is 32.2. The minimum Gasteiger partial charge on any atom is -0.364 e. The molecule has 1 fully saturated rings. The molecule has 1 aromatic rings. The van der Waals surface area contributed by atoms with Crippen molar-refractivity contribution in [2.24, 2.45) is 4.99 Å². The Morgan fingerprint density at radius 2 is 2.13 bits per heavy atom. The zero-order valence-electron chi connectivity index (χ0n) is 13.7. The van der Waals surface area contributed by atoms with Gasteiger partial charge in [-0.1, -0.05) is 18.5 Å². The largest absolute Gasteiger partial charge is 0.364 e. The van der Waals surface area contributed by atoms with E-state index in [9.17, 15) is 8.42 Å². The normalized spacial score (nSPS) is 17.5. The second-order valence-corrected chi connectivity index (χ2v) is 7.43. The van der Waals surface area contributed by atoms with E-state index in [-0.39, 0.29) is 5.75 Å². The summed E-state index contributed by atoms with van der Waals surface area (Å²) < 4.78 is 31.0. The highest BCUT2D eigenvalue weighted by molar-refractivity contribution is 7.88. The molecule has 0 bridgehead atoms. The Balaban J connectivity index is 1.87. The molecule has 0 aromatic carbocycles. The quantitative estimate of drug-likeness (QED) is 0.459. The van der Waals surface area contributed by atoms with Gasteiger partial charge in [-0.2, -0.15) is 4.31 Å². The van der Waals surface area contributed by atoms with E-state index in [0.717, 1.165) is 25.3 Å². The molecule has 2 rings (SSSR count). The van der Waals surface area contributed by atoms with Crippen LogP contribution in [0.4, 0.5) is 0 Å². The minimum atomic E-state index is -3.36. The summed E-state index contributed by atoms with van der Waals surface area (Å²) in [5, 5.41) is 6.99.